The van der Waals surface area contributed by atoms with E-state index < -0.39 is 0 Å². The minimum atomic E-state index is 0.938. The smallest absolute Gasteiger partial charge is 0.250 e. The summed E-state index contributed by atoms with van der Waals surface area (Å²) in [5.41, 5.74) is 0. The van der Waals surface area contributed by atoms with Crippen molar-refractivity contribution in [1.29, 1.82) is 0 Å². The molecule has 0 saturated heterocycles. The zero-order chi connectivity index (χ0) is 12.5. The van der Waals surface area contributed by atoms with Crippen LogP contribution < -0.4 is 0 Å². The molecule has 0 amide bonds. The molecule has 1 heterocycles. The molecule has 0 aromatic carbocycles. The average Bonchev–Trinajstić information content (AvgIpc) is 2.64. The third-order valence-electron chi connectivity index (χ3n) is 3.56. The number of hydrogen-bond acceptors (Lipinski definition) is 1. The van der Waals surface area contributed by atoms with Crippen molar-refractivity contribution in [1.82, 2.24) is 4.90 Å². The van der Waals surface area contributed by atoms with Crippen molar-refractivity contribution in [3.8, 4) is 0 Å². The molecule has 0 N–H and O–H groups in total. The molecular formula is C14H28ClN2+. The molecule has 0 unspecified atom stereocenters. The second kappa shape index (κ2) is 8.79. The van der Waals surface area contributed by atoms with Gasteiger partial charge in [-0.3, -0.25) is 4.58 Å². The zero-order valence-corrected chi connectivity index (χ0v) is 12.3. The normalized spacial score (nSPS) is 16.1. The molecule has 0 radical (unpaired) electrons. The lowest BCUT2D eigenvalue weighted by Gasteiger charge is -2.08. The Bertz CT molecular complexity index is 238. The first-order valence-corrected chi connectivity index (χ1v) is 7.62. The van der Waals surface area contributed by atoms with Crippen molar-refractivity contribution in [3.63, 3.8) is 0 Å². The minimum absolute atomic E-state index is 0.938. The first kappa shape index (κ1) is 14.8. The van der Waals surface area contributed by atoms with Gasteiger partial charge in [0.25, 0.3) is 0 Å². The summed E-state index contributed by atoms with van der Waals surface area (Å²) < 4.78 is 2.13. The summed E-state index contributed by atoms with van der Waals surface area (Å²) in [6.07, 6.45) is 11.1. The number of rotatable bonds is 9. The number of likely N-dealkylation sites (N-methyl/N-ethyl adjacent to an activating group) is 1. The SMILES string of the molecule is CCCCCCCCCCN1CC[N+](C)=C1Cl. The first-order valence-electron chi connectivity index (χ1n) is 7.24. The molecule has 0 aromatic heterocycles. The summed E-state index contributed by atoms with van der Waals surface area (Å²) in [5.74, 6) is 0. The number of amidine groups is 1. The van der Waals surface area contributed by atoms with E-state index in [0.29, 0.717) is 0 Å². The van der Waals surface area contributed by atoms with Crippen LogP contribution in [0.4, 0.5) is 0 Å². The second-order valence-corrected chi connectivity index (χ2v) is 5.49. The maximum absolute atomic E-state index is 6.19. The lowest BCUT2D eigenvalue weighted by molar-refractivity contribution is -0.484. The Labute approximate surface area is 112 Å². The van der Waals surface area contributed by atoms with Crippen LogP contribution in [0.2, 0.25) is 0 Å². The van der Waals surface area contributed by atoms with Gasteiger partial charge in [-0.05, 0) is 12.8 Å². The number of hydrogen-bond donors (Lipinski definition) is 0. The summed E-state index contributed by atoms with van der Waals surface area (Å²) >= 11 is 6.19. The molecule has 0 aliphatic carbocycles. The van der Waals surface area contributed by atoms with Gasteiger partial charge in [0.15, 0.2) is 0 Å². The Kier molecular flexibility index (Phi) is 7.67. The van der Waals surface area contributed by atoms with Crippen LogP contribution in [0.15, 0.2) is 0 Å². The van der Waals surface area contributed by atoms with E-state index in [1.54, 1.807) is 0 Å². The minimum Gasteiger partial charge on any atom is -0.250 e. The predicted octanol–water partition coefficient (Wildman–Crippen LogP) is 3.68. The Morgan fingerprint density at radius 3 is 2.18 bits per heavy atom. The van der Waals surface area contributed by atoms with Gasteiger partial charge in [0.05, 0.1) is 13.6 Å². The molecule has 0 atom stereocenters. The van der Waals surface area contributed by atoms with Gasteiger partial charge >= 0.3 is 5.29 Å². The summed E-state index contributed by atoms with van der Waals surface area (Å²) in [6, 6.07) is 0. The van der Waals surface area contributed by atoms with E-state index >= 15 is 0 Å². The first-order chi connectivity index (χ1) is 8.25. The monoisotopic (exact) mass is 259 g/mol. The Hall–Kier alpha value is -0.240. The number of nitrogens with zero attached hydrogens (tertiary/aromatic N) is 2. The van der Waals surface area contributed by atoms with Gasteiger partial charge in [-0.1, -0.05) is 45.4 Å². The number of unbranched alkanes of at least 4 members (excludes halogenated alkanes) is 7. The number of halogens is 1. The Morgan fingerprint density at radius 2 is 1.65 bits per heavy atom. The van der Waals surface area contributed by atoms with E-state index in [2.05, 4.69) is 23.4 Å². The van der Waals surface area contributed by atoms with Crippen LogP contribution in [0, 0.1) is 0 Å². The molecular weight excluding hydrogens is 232 g/mol. The van der Waals surface area contributed by atoms with Gasteiger partial charge < -0.3 is 0 Å². The summed E-state index contributed by atoms with van der Waals surface area (Å²) in [5, 5.41) is 0.938. The van der Waals surface area contributed by atoms with Crippen LogP contribution in [0.1, 0.15) is 58.3 Å². The Balaban J connectivity index is 1.91. The highest BCUT2D eigenvalue weighted by atomic mass is 35.5. The fourth-order valence-corrected chi connectivity index (χ4v) is 2.59. The van der Waals surface area contributed by atoms with Crippen molar-refractivity contribution in [2.75, 3.05) is 26.7 Å². The second-order valence-electron chi connectivity index (χ2n) is 5.15. The maximum Gasteiger partial charge on any atom is 0.345 e. The van der Waals surface area contributed by atoms with Crippen LogP contribution in [0.3, 0.4) is 0 Å². The van der Waals surface area contributed by atoms with E-state index in [1.807, 2.05) is 0 Å². The van der Waals surface area contributed by atoms with Crippen LogP contribution in [-0.4, -0.2) is 41.5 Å². The lowest BCUT2D eigenvalue weighted by atomic mass is 10.1. The largest absolute Gasteiger partial charge is 0.345 e. The molecule has 0 spiro atoms. The van der Waals surface area contributed by atoms with E-state index in [9.17, 15) is 0 Å². The van der Waals surface area contributed by atoms with E-state index in [0.717, 1.165) is 24.9 Å². The molecule has 1 rings (SSSR count). The molecule has 0 bridgehead atoms. The highest BCUT2D eigenvalue weighted by Crippen LogP contribution is 2.10. The third-order valence-corrected chi connectivity index (χ3v) is 4.09. The quantitative estimate of drug-likeness (QED) is 0.348. The summed E-state index contributed by atoms with van der Waals surface area (Å²) in [7, 11) is 2.07. The van der Waals surface area contributed by atoms with Crippen molar-refractivity contribution >= 4 is 16.9 Å². The van der Waals surface area contributed by atoms with E-state index in [4.69, 9.17) is 11.6 Å². The van der Waals surface area contributed by atoms with Crippen molar-refractivity contribution in [2.24, 2.45) is 0 Å². The average molecular weight is 260 g/mol. The molecule has 2 nitrogen and oxygen atoms in total. The molecule has 1 aliphatic heterocycles. The van der Waals surface area contributed by atoms with Gasteiger partial charge in [0, 0.05) is 11.6 Å². The van der Waals surface area contributed by atoms with Crippen molar-refractivity contribution in [2.45, 2.75) is 58.3 Å². The zero-order valence-electron chi connectivity index (χ0n) is 11.6. The third kappa shape index (κ3) is 5.76. The molecule has 3 heteroatoms. The highest BCUT2D eigenvalue weighted by Gasteiger charge is 2.25. The molecule has 0 fully saturated rings. The lowest BCUT2D eigenvalue weighted by Crippen LogP contribution is -2.26. The van der Waals surface area contributed by atoms with Crippen molar-refractivity contribution in [3.05, 3.63) is 0 Å². The van der Waals surface area contributed by atoms with Gasteiger partial charge in [0.1, 0.15) is 13.1 Å². The van der Waals surface area contributed by atoms with E-state index in [-0.39, 0.29) is 0 Å². The van der Waals surface area contributed by atoms with Crippen LogP contribution in [0.5, 0.6) is 0 Å². The fraction of sp³-hybridized carbons (Fsp3) is 0.929. The van der Waals surface area contributed by atoms with Gasteiger partial charge in [-0.25, -0.2) is 4.90 Å². The van der Waals surface area contributed by atoms with Gasteiger partial charge in [-0.2, -0.15) is 0 Å². The van der Waals surface area contributed by atoms with Gasteiger partial charge in [0.2, 0.25) is 0 Å². The standard InChI is InChI=1S/C14H28ClN2/c1-3-4-5-6-7-8-9-10-11-17-13-12-16(2)14(17)15/h3-13H2,1-2H3/q+1. The predicted molar refractivity (Wildman–Crippen MR) is 76.1 cm³/mol. The summed E-state index contributed by atoms with van der Waals surface area (Å²) in [6.45, 7) is 5.59. The summed E-state index contributed by atoms with van der Waals surface area (Å²) in [4.78, 5) is 2.30. The molecule has 1 aliphatic rings. The maximum atomic E-state index is 6.19. The molecule has 17 heavy (non-hydrogen) atoms. The highest BCUT2D eigenvalue weighted by molar-refractivity contribution is 6.63. The van der Waals surface area contributed by atoms with Crippen LogP contribution in [0.25, 0.3) is 0 Å². The van der Waals surface area contributed by atoms with E-state index in [1.165, 1.54) is 51.4 Å². The topological polar surface area (TPSA) is 6.25 Å². The van der Waals surface area contributed by atoms with Gasteiger partial charge in [-0.15, -0.1) is 0 Å². The molecule has 100 valence electrons. The molecule has 0 saturated carbocycles. The van der Waals surface area contributed by atoms with Crippen LogP contribution in [-0.2, 0) is 0 Å². The van der Waals surface area contributed by atoms with Crippen molar-refractivity contribution < 1.29 is 4.58 Å². The fourth-order valence-electron chi connectivity index (χ4n) is 2.34. The Morgan fingerprint density at radius 1 is 1.06 bits per heavy atom. The molecule has 0 aromatic rings. The van der Waals surface area contributed by atoms with Crippen LogP contribution >= 0.6 is 11.6 Å².